The van der Waals surface area contributed by atoms with Gasteiger partial charge in [-0.1, -0.05) is 30.3 Å². The molecular weight excluding hydrogens is 246 g/mol. The molecule has 0 radical (unpaired) electrons. The predicted molar refractivity (Wildman–Crippen MR) is 69.6 cm³/mol. The minimum Gasteiger partial charge on any atom is -0.445 e. The van der Waals surface area contributed by atoms with Gasteiger partial charge in [-0.3, -0.25) is 0 Å². The normalized spacial score (nSPS) is 18.7. The van der Waals surface area contributed by atoms with Crippen molar-refractivity contribution in [2.45, 2.75) is 31.6 Å². The Bertz CT molecular complexity index is 392. The molecule has 1 aromatic carbocycles. The molecule has 1 aliphatic rings. The van der Waals surface area contributed by atoms with Gasteiger partial charge in [-0.25, -0.2) is 4.79 Å². The first kappa shape index (κ1) is 13.8. The molecule has 5 nitrogen and oxygen atoms in total. The highest BCUT2D eigenvalue weighted by atomic mass is 16.6. The van der Waals surface area contributed by atoms with Crippen LogP contribution in [-0.2, 0) is 16.1 Å². The predicted octanol–water partition coefficient (Wildman–Crippen LogP) is 1.45. The Balaban J connectivity index is 1.73. The first-order valence-corrected chi connectivity index (χ1v) is 6.49. The van der Waals surface area contributed by atoms with Crippen LogP contribution in [0, 0.1) is 0 Å². The van der Waals surface area contributed by atoms with Gasteiger partial charge in [0.1, 0.15) is 12.7 Å². The summed E-state index contributed by atoms with van der Waals surface area (Å²) < 4.78 is 10.3. The molecule has 0 spiro atoms. The molecule has 0 saturated carbocycles. The van der Waals surface area contributed by atoms with Crippen LogP contribution >= 0.6 is 0 Å². The van der Waals surface area contributed by atoms with Crippen molar-refractivity contribution in [2.75, 3.05) is 13.2 Å². The number of aliphatic hydroxyl groups excluding tert-OH is 1. The monoisotopic (exact) mass is 265 g/mol. The van der Waals surface area contributed by atoms with Gasteiger partial charge in [0.2, 0.25) is 0 Å². The molecule has 0 bridgehead atoms. The summed E-state index contributed by atoms with van der Waals surface area (Å²) in [5.74, 6) is 0. The summed E-state index contributed by atoms with van der Waals surface area (Å²) in [5, 5.41) is 11.6. The average Bonchev–Trinajstić information content (AvgIpc) is 3.27. The fourth-order valence-corrected chi connectivity index (χ4v) is 1.87. The quantitative estimate of drug-likeness (QED) is 0.732. The fourth-order valence-electron chi connectivity index (χ4n) is 1.87. The third-order valence-electron chi connectivity index (χ3n) is 3.00. The zero-order valence-corrected chi connectivity index (χ0v) is 10.7. The largest absolute Gasteiger partial charge is 0.445 e. The van der Waals surface area contributed by atoms with E-state index >= 15 is 0 Å². The number of rotatable bonds is 7. The molecule has 1 saturated heterocycles. The van der Waals surface area contributed by atoms with E-state index in [0.29, 0.717) is 19.4 Å². The summed E-state index contributed by atoms with van der Waals surface area (Å²) in [6.45, 7) is 1.03. The van der Waals surface area contributed by atoms with Crippen molar-refractivity contribution in [3.8, 4) is 0 Å². The van der Waals surface area contributed by atoms with E-state index in [2.05, 4.69) is 5.32 Å². The first-order valence-electron chi connectivity index (χ1n) is 6.49. The minimum atomic E-state index is -0.442. The van der Waals surface area contributed by atoms with Crippen LogP contribution in [0.2, 0.25) is 0 Å². The van der Waals surface area contributed by atoms with E-state index in [4.69, 9.17) is 14.6 Å². The van der Waals surface area contributed by atoms with E-state index in [1.165, 1.54) is 0 Å². The Hall–Kier alpha value is -1.59. The molecule has 1 fully saturated rings. The van der Waals surface area contributed by atoms with E-state index in [1.54, 1.807) is 0 Å². The molecule has 1 aliphatic heterocycles. The minimum absolute atomic E-state index is 0.0656. The van der Waals surface area contributed by atoms with Gasteiger partial charge in [-0.05, 0) is 18.4 Å². The summed E-state index contributed by atoms with van der Waals surface area (Å²) >= 11 is 0. The number of hydrogen-bond acceptors (Lipinski definition) is 4. The van der Waals surface area contributed by atoms with Crippen molar-refractivity contribution in [2.24, 2.45) is 0 Å². The van der Waals surface area contributed by atoms with Gasteiger partial charge in [0.15, 0.2) is 0 Å². The summed E-state index contributed by atoms with van der Waals surface area (Å²) in [5.41, 5.74) is 0.951. The number of alkyl carbamates (subject to hydrolysis) is 1. The number of aliphatic hydroxyl groups is 1. The van der Waals surface area contributed by atoms with Crippen LogP contribution in [-0.4, -0.2) is 36.6 Å². The molecule has 0 aliphatic carbocycles. The van der Waals surface area contributed by atoms with Crippen LogP contribution in [0.5, 0.6) is 0 Å². The number of carbonyl (C=O) groups is 1. The van der Waals surface area contributed by atoms with Crippen LogP contribution in [0.4, 0.5) is 4.79 Å². The SMILES string of the molecule is O=C(N[C@@H](CCCO)[C@H]1CO1)OCc1ccccc1. The number of epoxide rings is 1. The zero-order chi connectivity index (χ0) is 13.5. The first-order chi connectivity index (χ1) is 9.29. The number of hydrogen-bond donors (Lipinski definition) is 2. The maximum Gasteiger partial charge on any atom is 0.407 e. The number of nitrogens with one attached hydrogen (secondary N) is 1. The van der Waals surface area contributed by atoms with Gasteiger partial charge in [0.25, 0.3) is 0 Å². The molecule has 0 aromatic heterocycles. The van der Waals surface area contributed by atoms with Crippen LogP contribution in [0.1, 0.15) is 18.4 Å². The maximum absolute atomic E-state index is 11.7. The van der Waals surface area contributed by atoms with Crippen molar-refractivity contribution < 1.29 is 19.4 Å². The van der Waals surface area contributed by atoms with Crippen LogP contribution in [0.25, 0.3) is 0 Å². The third kappa shape index (κ3) is 4.89. The second kappa shape index (κ2) is 7.11. The van der Waals surface area contributed by atoms with Gasteiger partial charge in [-0.15, -0.1) is 0 Å². The smallest absolute Gasteiger partial charge is 0.407 e. The van der Waals surface area contributed by atoms with Crippen molar-refractivity contribution in [3.05, 3.63) is 35.9 Å². The second-order valence-electron chi connectivity index (χ2n) is 4.55. The Morgan fingerprint density at radius 2 is 2.21 bits per heavy atom. The molecule has 1 heterocycles. The zero-order valence-electron chi connectivity index (χ0n) is 10.7. The standard InChI is InChI=1S/C14H19NO4/c16-8-4-7-12(13-10-18-13)15-14(17)19-9-11-5-2-1-3-6-11/h1-3,5-6,12-13,16H,4,7-10H2,(H,15,17)/t12-,13+/m0/s1. The van der Waals surface area contributed by atoms with E-state index < -0.39 is 6.09 Å². The van der Waals surface area contributed by atoms with E-state index in [9.17, 15) is 4.79 Å². The Morgan fingerprint density at radius 3 is 2.84 bits per heavy atom. The van der Waals surface area contributed by atoms with Crippen molar-refractivity contribution in [1.29, 1.82) is 0 Å². The van der Waals surface area contributed by atoms with Crippen LogP contribution in [0.15, 0.2) is 30.3 Å². The number of ether oxygens (including phenoxy) is 2. The highest BCUT2D eigenvalue weighted by Crippen LogP contribution is 2.18. The number of amides is 1. The molecular formula is C14H19NO4. The number of benzene rings is 1. The highest BCUT2D eigenvalue weighted by molar-refractivity contribution is 5.67. The Labute approximate surface area is 112 Å². The van der Waals surface area contributed by atoms with Crippen molar-refractivity contribution in [3.63, 3.8) is 0 Å². The average molecular weight is 265 g/mol. The van der Waals surface area contributed by atoms with E-state index in [1.807, 2.05) is 30.3 Å². The molecule has 2 rings (SSSR count). The fraction of sp³-hybridized carbons (Fsp3) is 0.500. The van der Waals surface area contributed by atoms with Crippen molar-refractivity contribution >= 4 is 6.09 Å². The Morgan fingerprint density at radius 1 is 1.47 bits per heavy atom. The van der Waals surface area contributed by atoms with Crippen LogP contribution in [0.3, 0.4) is 0 Å². The lowest BCUT2D eigenvalue weighted by atomic mass is 10.1. The third-order valence-corrected chi connectivity index (χ3v) is 3.00. The molecule has 104 valence electrons. The van der Waals surface area contributed by atoms with Gasteiger partial charge in [-0.2, -0.15) is 0 Å². The van der Waals surface area contributed by atoms with Gasteiger partial charge < -0.3 is 19.9 Å². The van der Waals surface area contributed by atoms with Gasteiger partial charge >= 0.3 is 6.09 Å². The lowest BCUT2D eigenvalue weighted by molar-refractivity contribution is 0.131. The molecule has 5 heteroatoms. The summed E-state index contributed by atoms with van der Waals surface area (Å²) in [4.78, 5) is 11.7. The molecule has 2 atom stereocenters. The topological polar surface area (TPSA) is 71.1 Å². The highest BCUT2D eigenvalue weighted by Gasteiger charge is 2.33. The van der Waals surface area contributed by atoms with Gasteiger partial charge in [0.05, 0.1) is 12.6 Å². The summed E-state index contributed by atoms with van der Waals surface area (Å²) in [7, 11) is 0. The molecule has 1 aromatic rings. The number of carbonyl (C=O) groups excluding carboxylic acids is 1. The Kier molecular flexibility index (Phi) is 5.18. The van der Waals surface area contributed by atoms with Crippen LogP contribution < -0.4 is 5.32 Å². The molecule has 1 amide bonds. The lowest BCUT2D eigenvalue weighted by Gasteiger charge is -2.16. The summed E-state index contributed by atoms with van der Waals surface area (Å²) in [6.07, 6.45) is 0.962. The van der Waals surface area contributed by atoms with Gasteiger partial charge in [0, 0.05) is 6.61 Å². The van der Waals surface area contributed by atoms with E-state index in [0.717, 1.165) is 5.56 Å². The molecule has 0 unspecified atom stereocenters. The summed E-state index contributed by atoms with van der Waals surface area (Å²) in [6, 6.07) is 9.45. The molecule has 19 heavy (non-hydrogen) atoms. The van der Waals surface area contributed by atoms with Crippen molar-refractivity contribution in [1.82, 2.24) is 5.32 Å². The second-order valence-corrected chi connectivity index (χ2v) is 4.55. The van der Waals surface area contributed by atoms with E-state index in [-0.39, 0.29) is 25.4 Å². The lowest BCUT2D eigenvalue weighted by Crippen LogP contribution is -2.39. The maximum atomic E-state index is 11.7. The molecule has 2 N–H and O–H groups in total.